The lowest BCUT2D eigenvalue weighted by Crippen LogP contribution is -1.79. The van der Waals surface area contributed by atoms with Crippen molar-refractivity contribution < 1.29 is 4.79 Å². The van der Waals surface area contributed by atoms with Gasteiger partial charge in [0.25, 0.3) is 0 Å². The molecule has 0 aromatic carbocycles. The van der Waals surface area contributed by atoms with E-state index in [-0.39, 0.29) is 0 Å². The summed E-state index contributed by atoms with van der Waals surface area (Å²) in [4.78, 5) is 9.99. The Bertz CT molecular complexity index is 138. The van der Waals surface area contributed by atoms with Crippen LogP contribution in [0.5, 0.6) is 0 Å². The van der Waals surface area contributed by atoms with E-state index in [2.05, 4.69) is 13.0 Å². The topological polar surface area (TPSA) is 17.1 Å². The molecule has 0 spiro atoms. The molecule has 0 fully saturated rings. The van der Waals surface area contributed by atoms with E-state index in [1.807, 2.05) is 6.08 Å². The van der Waals surface area contributed by atoms with Crippen molar-refractivity contribution in [3.8, 4) is 0 Å². The van der Waals surface area contributed by atoms with E-state index in [4.69, 9.17) is 0 Å². The Morgan fingerprint density at radius 2 is 1.50 bits per heavy atom. The van der Waals surface area contributed by atoms with Gasteiger partial charge >= 0.3 is 0 Å². The van der Waals surface area contributed by atoms with Crippen LogP contribution in [-0.4, -0.2) is 6.29 Å². The zero-order valence-electron chi connectivity index (χ0n) is 9.50. The van der Waals surface area contributed by atoms with Crippen LogP contribution in [-0.2, 0) is 4.79 Å². The SMILES string of the molecule is CCCCCCCCC/C=C\CC=O. The van der Waals surface area contributed by atoms with Crippen LogP contribution < -0.4 is 0 Å². The predicted molar refractivity (Wildman–Crippen MR) is 62.4 cm³/mol. The molecular formula is C13H24O. The maximum absolute atomic E-state index is 9.99. The van der Waals surface area contributed by atoms with E-state index in [0.717, 1.165) is 12.7 Å². The Labute approximate surface area is 88.6 Å². The molecule has 0 rings (SSSR count). The van der Waals surface area contributed by atoms with Crippen molar-refractivity contribution in [1.29, 1.82) is 0 Å². The molecule has 0 amide bonds. The molecule has 0 saturated heterocycles. The van der Waals surface area contributed by atoms with Gasteiger partial charge in [-0.3, -0.25) is 0 Å². The summed E-state index contributed by atoms with van der Waals surface area (Å²) in [6.07, 6.45) is 16.3. The molecule has 0 unspecified atom stereocenters. The van der Waals surface area contributed by atoms with Crippen molar-refractivity contribution in [2.24, 2.45) is 0 Å². The van der Waals surface area contributed by atoms with E-state index < -0.39 is 0 Å². The number of carbonyl (C=O) groups excluding carboxylic acids is 1. The van der Waals surface area contributed by atoms with Gasteiger partial charge in [-0.25, -0.2) is 0 Å². The van der Waals surface area contributed by atoms with Crippen LogP contribution in [0.25, 0.3) is 0 Å². The maximum Gasteiger partial charge on any atom is 0.123 e. The summed E-state index contributed by atoms with van der Waals surface area (Å²) in [7, 11) is 0. The van der Waals surface area contributed by atoms with Crippen molar-refractivity contribution in [1.82, 2.24) is 0 Å². The van der Waals surface area contributed by atoms with Gasteiger partial charge in [-0.05, 0) is 12.8 Å². The molecule has 0 aromatic heterocycles. The molecule has 0 aliphatic heterocycles. The number of hydrogen-bond donors (Lipinski definition) is 0. The molecule has 0 heterocycles. The first-order valence-electron chi connectivity index (χ1n) is 6.00. The molecule has 1 heteroatoms. The summed E-state index contributed by atoms with van der Waals surface area (Å²) < 4.78 is 0. The van der Waals surface area contributed by atoms with Gasteiger partial charge in [0.05, 0.1) is 0 Å². The number of hydrogen-bond acceptors (Lipinski definition) is 1. The van der Waals surface area contributed by atoms with Crippen molar-refractivity contribution in [2.45, 2.75) is 64.7 Å². The van der Waals surface area contributed by atoms with Crippen LogP contribution in [0.3, 0.4) is 0 Å². The number of carbonyl (C=O) groups is 1. The first kappa shape index (κ1) is 13.4. The predicted octanol–water partition coefficient (Wildman–Crippen LogP) is 4.27. The van der Waals surface area contributed by atoms with Gasteiger partial charge in [0.1, 0.15) is 6.29 Å². The van der Waals surface area contributed by atoms with Gasteiger partial charge < -0.3 is 4.79 Å². The third-order valence-corrected chi connectivity index (χ3v) is 2.37. The second-order valence-electron chi connectivity index (χ2n) is 3.78. The summed E-state index contributed by atoms with van der Waals surface area (Å²) in [6.45, 7) is 2.25. The highest BCUT2D eigenvalue weighted by Crippen LogP contribution is 2.08. The van der Waals surface area contributed by atoms with Crippen LogP contribution in [0.15, 0.2) is 12.2 Å². The van der Waals surface area contributed by atoms with Crippen LogP contribution in [0.1, 0.15) is 64.7 Å². The first-order chi connectivity index (χ1) is 6.91. The smallest absolute Gasteiger partial charge is 0.123 e. The molecule has 0 atom stereocenters. The summed E-state index contributed by atoms with van der Waals surface area (Å²) in [5.41, 5.74) is 0. The van der Waals surface area contributed by atoms with E-state index in [0.29, 0.717) is 6.42 Å². The Morgan fingerprint density at radius 3 is 2.14 bits per heavy atom. The number of unbranched alkanes of at least 4 members (excludes halogenated alkanes) is 7. The van der Waals surface area contributed by atoms with Crippen LogP contribution in [0, 0.1) is 0 Å². The molecule has 0 saturated carbocycles. The minimum absolute atomic E-state index is 0.580. The molecule has 0 bridgehead atoms. The highest BCUT2D eigenvalue weighted by Gasteiger charge is 1.88. The quantitative estimate of drug-likeness (QED) is 0.290. The minimum Gasteiger partial charge on any atom is -0.303 e. The van der Waals surface area contributed by atoms with Crippen molar-refractivity contribution >= 4 is 6.29 Å². The minimum atomic E-state index is 0.580. The maximum atomic E-state index is 9.99. The third kappa shape index (κ3) is 11.4. The van der Waals surface area contributed by atoms with Crippen molar-refractivity contribution in [3.05, 3.63) is 12.2 Å². The molecule has 0 radical (unpaired) electrons. The fourth-order valence-corrected chi connectivity index (χ4v) is 1.49. The van der Waals surface area contributed by atoms with Crippen molar-refractivity contribution in [3.63, 3.8) is 0 Å². The average molecular weight is 196 g/mol. The molecule has 0 N–H and O–H groups in total. The Morgan fingerprint density at radius 1 is 0.857 bits per heavy atom. The highest BCUT2D eigenvalue weighted by atomic mass is 16.1. The van der Waals surface area contributed by atoms with Crippen molar-refractivity contribution in [2.75, 3.05) is 0 Å². The molecule has 82 valence electrons. The second kappa shape index (κ2) is 12.4. The summed E-state index contributed by atoms with van der Waals surface area (Å²) >= 11 is 0. The zero-order valence-corrected chi connectivity index (χ0v) is 9.50. The summed E-state index contributed by atoms with van der Waals surface area (Å²) in [5, 5.41) is 0. The zero-order chi connectivity index (χ0) is 10.5. The molecular weight excluding hydrogens is 172 g/mol. The first-order valence-corrected chi connectivity index (χ1v) is 6.00. The Hall–Kier alpha value is -0.590. The lowest BCUT2D eigenvalue weighted by atomic mass is 10.1. The molecule has 14 heavy (non-hydrogen) atoms. The van der Waals surface area contributed by atoms with Gasteiger partial charge in [-0.2, -0.15) is 0 Å². The van der Waals surface area contributed by atoms with Crippen LogP contribution in [0.4, 0.5) is 0 Å². The van der Waals surface area contributed by atoms with Crippen LogP contribution in [0.2, 0.25) is 0 Å². The normalized spacial score (nSPS) is 10.9. The largest absolute Gasteiger partial charge is 0.303 e. The van der Waals surface area contributed by atoms with E-state index in [1.165, 1.54) is 44.9 Å². The Kier molecular flexibility index (Phi) is 11.9. The monoisotopic (exact) mass is 196 g/mol. The standard InChI is InChI=1S/C13H24O/c1-2-3-4-5-6-7-8-9-10-11-12-13-14/h10-11,13H,2-9,12H2,1H3/b11-10-. The average Bonchev–Trinajstić information content (AvgIpc) is 2.21. The van der Waals surface area contributed by atoms with Gasteiger partial charge in [-0.1, -0.05) is 57.6 Å². The fraction of sp³-hybridized carbons (Fsp3) is 0.769. The van der Waals surface area contributed by atoms with Gasteiger partial charge in [0.2, 0.25) is 0 Å². The lowest BCUT2D eigenvalue weighted by Gasteiger charge is -1.98. The van der Waals surface area contributed by atoms with E-state index in [9.17, 15) is 4.79 Å². The van der Waals surface area contributed by atoms with Gasteiger partial charge in [0.15, 0.2) is 0 Å². The van der Waals surface area contributed by atoms with Gasteiger partial charge in [0, 0.05) is 6.42 Å². The van der Waals surface area contributed by atoms with Crippen LogP contribution >= 0.6 is 0 Å². The van der Waals surface area contributed by atoms with E-state index >= 15 is 0 Å². The Balaban J connectivity index is 2.95. The second-order valence-corrected chi connectivity index (χ2v) is 3.78. The van der Waals surface area contributed by atoms with E-state index in [1.54, 1.807) is 0 Å². The molecule has 0 aromatic rings. The number of rotatable bonds is 10. The summed E-state index contributed by atoms with van der Waals surface area (Å²) in [6, 6.07) is 0. The number of allylic oxidation sites excluding steroid dienone is 2. The number of aldehydes is 1. The van der Waals surface area contributed by atoms with Gasteiger partial charge in [-0.15, -0.1) is 0 Å². The highest BCUT2D eigenvalue weighted by molar-refractivity contribution is 5.51. The molecule has 0 aliphatic rings. The summed E-state index contributed by atoms with van der Waals surface area (Å²) in [5.74, 6) is 0. The third-order valence-electron chi connectivity index (χ3n) is 2.37. The molecule has 0 aliphatic carbocycles. The molecule has 1 nitrogen and oxygen atoms in total. The fourth-order valence-electron chi connectivity index (χ4n) is 1.49. The lowest BCUT2D eigenvalue weighted by molar-refractivity contribution is -0.107.